The summed E-state index contributed by atoms with van der Waals surface area (Å²) in [4.78, 5) is 18.5. The molecule has 1 aliphatic rings. The highest BCUT2D eigenvalue weighted by Gasteiger charge is 2.29. The van der Waals surface area contributed by atoms with Crippen LogP contribution in [-0.2, 0) is 0 Å². The molecule has 4 heterocycles. The molecule has 1 atom stereocenters. The summed E-state index contributed by atoms with van der Waals surface area (Å²) in [5, 5.41) is 14.0. The van der Waals surface area contributed by atoms with Crippen LogP contribution in [0.1, 0.15) is 28.5 Å². The summed E-state index contributed by atoms with van der Waals surface area (Å²) < 4.78 is 0. The molecule has 1 unspecified atom stereocenters. The van der Waals surface area contributed by atoms with Gasteiger partial charge in [0, 0.05) is 48.9 Å². The van der Waals surface area contributed by atoms with Crippen LogP contribution in [0.15, 0.2) is 42.9 Å². The number of H-pyrrole nitrogens is 2. The number of likely N-dealkylation sites (tertiary alicyclic amines) is 1. The first-order valence-corrected chi connectivity index (χ1v) is 7.55. The predicted molar refractivity (Wildman–Crippen MR) is 83.7 cm³/mol. The van der Waals surface area contributed by atoms with Crippen LogP contribution in [-0.4, -0.2) is 49.3 Å². The SMILES string of the molecule is O=C(c1cc(-c2cccnc2)n[nH]1)N1CCC(c2ccn[nH]2)C1. The van der Waals surface area contributed by atoms with Gasteiger partial charge in [0.2, 0.25) is 0 Å². The van der Waals surface area contributed by atoms with Crippen LogP contribution >= 0.6 is 0 Å². The summed E-state index contributed by atoms with van der Waals surface area (Å²) >= 11 is 0. The van der Waals surface area contributed by atoms with Crippen molar-refractivity contribution in [1.29, 1.82) is 0 Å². The second kappa shape index (κ2) is 5.68. The Morgan fingerprint density at radius 1 is 1.26 bits per heavy atom. The average Bonchev–Trinajstić information content (AvgIpc) is 3.35. The minimum absolute atomic E-state index is 0.0188. The van der Waals surface area contributed by atoms with Gasteiger partial charge in [-0.1, -0.05) is 0 Å². The molecule has 1 fully saturated rings. The Morgan fingerprint density at radius 3 is 3.00 bits per heavy atom. The number of pyridine rings is 1. The van der Waals surface area contributed by atoms with Gasteiger partial charge in [-0.25, -0.2) is 0 Å². The van der Waals surface area contributed by atoms with Crippen molar-refractivity contribution < 1.29 is 4.79 Å². The van der Waals surface area contributed by atoms with E-state index >= 15 is 0 Å². The van der Waals surface area contributed by atoms with Crippen LogP contribution in [0.25, 0.3) is 11.3 Å². The van der Waals surface area contributed by atoms with Gasteiger partial charge in [0.25, 0.3) is 5.91 Å². The topological polar surface area (TPSA) is 90.6 Å². The number of carbonyl (C=O) groups excluding carboxylic acids is 1. The van der Waals surface area contributed by atoms with Crippen LogP contribution in [0.4, 0.5) is 0 Å². The van der Waals surface area contributed by atoms with E-state index in [9.17, 15) is 4.79 Å². The molecule has 0 aliphatic carbocycles. The standard InChI is InChI=1S/C16H16N6O/c23-16(22-7-4-12(10-22)13-3-6-18-19-13)15-8-14(20-21-15)11-2-1-5-17-9-11/h1-3,5-6,8-9,12H,4,7,10H2,(H,18,19)(H,20,21). The van der Waals surface area contributed by atoms with E-state index in [0.717, 1.165) is 29.9 Å². The minimum Gasteiger partial charge on any atom is -0.337 e. The van der Waals surface area contributed by atoms with E-state index in [2.05, 4.69) is 25.4 Å². The molecule has 7 nitrogen and oxygen atoms in total. The molecule has 0 spiro atoms. The number of rotatable bonds is 3. The molecule has 3 aromatic heterocycles. The van der Waals surface area contributed by atoms with Crippen molar-refractivity contribution in [2.75, 3.05) is 13.1 Å². The molecule has 116 valence electrons. The van der Waals surface area contributed by atoms with Crippen LogP contribution < -0.4 is 0 Å². The van der Waals surface area contributed by atoms with Gasteiger partial charge < -0.3 is 4.90 Å². The molecule has 0 bridgehead atoms. The molecular formula is C16H16N6O. The van der Waals surface area contributed by atoms with Gasteiger partial charge in [0.05, 0.1) is 5.69 Å². The molecule has 0 aromatic carbocycles. The van der Waals surface area contributed by atoms with Crippen molar-refractivity contribution in [3.05, 3.63) is 54.2 Å². The zero-order valence-corrected chi connectivity index (χ0v) is 12.4. The monoisotopic (exact) mass is 308 g/mol. The number of aromatic nitrogens is 5. The van der Waals surface area contributed by atoms with E-state index in [4.69, 9.17) is 0 Å². The van der Waals surface area contributed by atoms with Crippen LogP contribution in [0.2, 0.25) is 0 Å². The molecule has 0 saturated carbocycles. The van der Waals surface area contributed by atoms with Crippen molar-refractivity contribution in [2.24, 2.45) is 0 Å². The quantitative estimate of drug-likeness (QED) is 0.772. The fraction of sp³-hybridized carbons (Fsp3) is 0.250. The van der Waals surface area contributed by atoms with Crippen LogP contribution in [0, 0.1) is 0 Å². The highest BCUT2D eigenvalue weighted by atomic mass is 16.2. The highest BCUT2D eigenvalue weighted by Crippen LogP contribution is 2.27. The minimum atomic E-state index is -0.0188. The van der Waals surface area contributed by atoms with E-state index in [-0.39, 0.29) is 5.91 Å². The summed E-state index contributed by atoms with van der Waals surface area (Å²) in [5.74, 6) is 0.303. The fourth-order valence-corrected chi connectivity index (χ4v) is 2.96. The van der Waals surface area contributed by atoms with Gasteiger partial charge in [-0.05, 0) is 30.7 Å². The van der Waals surface area contributed by atoms with Gasteiger partial charge in [-0.2, -0.15) is 10.2 Å². The lowest BCUT2D eigenvalue weighted by molar-refractivity contribution is 0.0785. The summed E-state index contributed by atoms with van der Waals surface area (Å²) in [6, 6.07) is 7.51. The third kappa shape index (κ3) is 2.61. The largest absolute Gasteiger partial charge is 0.337 e. The van der Waals surface area contributed by atoms with E-state index < -0.39 is 0 Å². The van der Waals surface area contributed by atoms with Crippen LogP contribution in [0.3, 0.4) is 0 Å². The molecule has 0 radical (unpaired) electrons. The molecule has 1 aliphatic heterocycles. The molecule has 3 aromatic rings. The maximum Gasteiger partial charge on any atom is 0.271 e. The van der Waals surface area contributed by atoms with E-state index in [1.54, 1.807) is 24.7 Å². The second-order valence-electron chi connectivity index (χ2n) is 5.66. The van der Waals surface area contributed by atoms with Crippen molar-refractivity contribution in [3.63, 3.8) is 0 Å². The summed E-state index contributed by atoms with van der Waals surface area (Å²) in [6.07, 6.45) is 6.13. The molecule has 4 rings (SSSR count). The van der Waals surface area contributed by atoms with E-state index in [0.29, 0.717) is 18.2 Å². The first-order chi connectivity index (χ1) is 11.3. The van der Waals surface area contributed by atoms with Gasteiger partial charge in [0.1, 0.15) is 5.69 Å². The molecule has 1 saturated heterocycles. The summed E-state index contributed by atoms with van der Waals surface area (Å²) in [5.41, 5.74) is 3.21. The summed E-state index contributed by atoms with van der Waals surface area (Å²) in [7, 11) is 0. The Morgan fingerprint density at radius 2 is 2.22 bits per heavy atom. The van der Waals surface area contributed by atoms with Gasteiger partial charge in [-0.15, -0.1) is 0 Å². The Labute approximate surface area is 132 Å². The average molecular weight is 308 g/mol. The van der Waals surface area contributed by atoms with Gasteiger partial charge >= 0.3 is 0 Å². The number of aromatic amines is 2. The number of amides is 1. The van der Waals surface area contributed by atoms with Crippen LogP contribution in [0.5, 0.6) is 0 Å². The molecule has 23 heavy (non-hydrogen) atoms. The number of carbonyl (C=O) groups is 1. The Bertz CT molecular complexity index is 795. The third-order valence-electron chi connectivity index (χ3n) is 4.20. The van der Waals surface area contributed by atoms with E-state index in [1.165, 1.54) is 0 Å². The number of nitrogens with zero attached hydrogens (tertiary/aromatic N) is 4. The van der Waals surface area contributed by atoms with Crippen molar-refractivity contribution in [1.82, 2.24) is 30.3 Å². The Balaban J connectivity index is 1.49. The number of nitrogens with one attached hydrogen (secondary N) is 2. The Kier molecular flexibility index (Phi) is 3.38. The second-order valence-corrected chi connectivity index (χ2v) is 5.66. The third-order valence-corrected chi connectivity index (χ3v) is 4.20. The van der Waals surface area contributed by atoms with Gasteiger partial charge in [0.15, 0.2) is 0 Å². The first-order valence-electron chi connectivity index (χ1n) is 7.55. The molecular weight excluding hydrogens is 292 g/mol. The lowest BCUT2D eigenvalue weighted by Crippen LogP contribution is -2.28. The lowest BCUT2D eigenvalue weighted by Gasteiger charge is -2.14. The molecule has 1 amide bonds. The smallest absolute Gasteiger partial charge is 0.271 e. The van der Waals surface area contributed by atoms with Crippen molar-refractivity contribution in [3.8, 4) is 11.3 Å². The zero-order valence-electron chi connectivity index (χ0n) is 12.4. The van der Waals surface area contributed by atoms with Crippen molar-refractivity contribution >= 4 is 5.91 Å². The number of hydrogen-bond donors (Lipinski definition) is 2. The molecule has 2 N–H and O–H groups in total. The molecule has 7 heteroatoms. The fourth-order valence-electron chi connectivity index (χ4n) is 2.96. The van der Waals surface area contributed by atoms with Gasteiger partial charge in [-0.3, -0.25) is 20.0 Å². The zero-order chi connectivity index (χ0) is 15.6. The Hall–Kier alpha value is -2.96. The first kappa shape index (κ1) is 13.7. The maximum absolute atomic E-state index is 12.6. The number of hydrogen-bond acceptors (Lipinski definition) is 4. The van der Waals surface area contributed by atoms with Crippen molar-refractivity contribution in [2.45, 2.75) is 12.3 Å². The normalized spacial score (nSPS) is 17.6. The maximum atomic E-state index is 12.6. The highest BCUT2D eigenvalue weighted by molar-refractivity contribution is 5.93. The lowest BCUT2D eigenvalue weighted by atomic mass is 10.1. The predicted octanol–water partition coefficient (Wildman–Crippen LogP) is 1.82. The van der Waals surface area contributed by atoms with E-state index in [1.807, 2.05) is 23.1 Å². The summed E-state index contributed by atoms with van der Waals surface area (Å²) in [6.45, 7) is 1.44.